The first kappa shape index (κ1) is 73.6. The molecule has 1 amide bonds. The van der Waals surface area contributed by atoms with E-state index in [0.717, 1.165) is 38.5 Å². The van der Waals surface area contributed by atoms with E-state index in [1.54, 1.807) is 6.08 Å². The summed E-state index contributed by atoms with van der Waals surface area (Å²) in [4.78, 5) is 24.6. The Morgan fingerprint density at radius 3 is 0.907 bits per heavy atom. The van der Waals surface area contributed by atoms with Gasteiger partial charge in [-0.1, -0.05) is 360 Å². The van der Waals surface area contributed by atoms with Gasteiger partial charge in [-0.2, -0.15) is 0 Å². The number of esters is 1. The number of unbranched alkanes of at least 4 members (excludes halogenated alkanes) is 54. The number of rotatable bonds is 65. The lowest BCUT2D eigenvalue weighted by Gasteiger charge is -2.20. The monoisotopic (exact) mass is 1060 g/mol. The molecule has 0 spiro atoms. The van der Waals surface area contributed by atoms with Crippen molar-refractivity contribution in [2.24, 2.45) is 0 Å². The van der Waals surface area contributed by atoms with Crippen molar-refractivity contribution in [3.8, 4) is 0 Å². The highest BCUT2D eigenvalue weighted by molar-refractivity contribution is 5.76. The first-order valence-corrected chi connectivity index (χ1v) is 34.5. The van der Waals surface area contributed by atoms with Gasteiger partial charge >= 0.3 is 5.97 Å². The molecule has 2 atom stereocenters. The van der Waals surface area contributed by atoms with Crippen LogP contribution >= 0.6 is 0 Å². The molecule has 0 saturated carbocycles. The van der Waals surface area contributed by atoms with Crippen LogP contribution in [0.1, 0.15) is 393 Å². The predicted octanol–water partition coefficient (Wildman–Crippen LogP) is 22.0. The average molecular weight is 1060 g/mol. The van der Waals surface area contributed by atoms with Crippen LogP contribution in [0.15, 0.2) is 12.2 Å². The molecule has 0 aromatic carbocycles. The number of carbonyl (C=O) groups is 2. The fraction of sp³-hybridized carbons (Fsp3) is 0.942. The largest absolute Gasteiger partial charge is 0.466 e. The van der Waals surface area contributed by atoms with Crippen LogP contribution in [-0.4, -0.2) is 47.4 Å². The maximum Gasteiger partial charge on any atom is 0.305 e. The molecule has 0 aliphatic rings. The van der Waals surface area contributed by atoms with E-state index in [0.29, 0.717) is 19.4 Å². The fourth-order valence-corrected chi connectivity index (χ4v) is 11.1. The third kappa shape index (κ3) is 61.7. The molecule has 0 aliphatic heterocycles. The Labute approximate surface area is 469 Å². The van der Waals surface area contributed by atoms with Gasteiger partial charge in [0.05, 0.1) is 25.4 Å². The number of aliphatic hydroxyl groups is 2. The Morgan fingerprint density at radius 1 is 0.360 bits per heavy atom. The van der Waals surface area contributed by atoms with E-state index < -0.39 is 12.1 Å². The van der Waals surface area contributed by atoms with Crippen LogP contribution in [0.5, 0.6) is 0 Å². The molecule has 0 rings (SSSR count). The van der Waals surface area contributed by atoms with Crippen molar-refractivity contribution >= 4 is 11.9 Å². The second-order valence-corrected chi connectivity index (χ2v) is 23.9. The Hall–Kier alpha value is -1.40. The number of nitrogens with one attached hydrogen (secondary N) is 1. The van der Waals surface area contributed by atoms with E-state index in [9.17, 15) is 19.8 Å². The minimum atomic E-state index is -0.844. The van der Waals surface area contributed by atoms with Crippen LogP contribution in [0, 0.1) is 0 Å². The molecule has 3 N–H and O–H groups in total. The summed E-state index contributed by atoms with van der Waals surface area (Å²) in [6.45, 7) is 4.95. The van der Waals surface area contributed by atoms with Gasteiger partial charge in [0, 0.05) is 12.8 Å². The highest BCUT2D eigenvalue weighted by atomic mass is 16.5. The summed E-state index contributed by atoms with van der Waals surface area (Å²) >= 11 is 0. The number of carbonyl (C=O) groups excluding carboxylic acids is 2. The summed E-state index contributed by atoms with van der Waals surface area (Å²) in [5.41, 5.74) is 0. The minimum Gasteiger partial charge on any atom is -0.466 e. The zero-order valence-electron chi connectivity index (χ0n) is 51.1. The van der Waals surface area contributed by atoms with Gasteiger partial charge in [-0.3, -0.25) is 9.59 Å². The topological polar surface area (TPSA) is 95.9 Å². The van der Waals surface area contributed by atoms with Gasteiger partial charge < -0.3 is 20.3 Å². The zero-order chi connectivity index (χ0) is 54.3. The summed E-state index contributed by atoms with van der Waals surface area (Å²) in [5.74, 6) is -0.0447. The first-order chi connectivity index (χ1) is 37.0. The van der Waals surface area contributed by atoms with E-state index in [4.69, 9.17) is 4.74 Å². The predicted molar refractivity (Wildman–Crippen MR) is 329 cm³/mol. The van der Waals surface area contributed by atoms with E-state index in [1.165, 1.54) is 327 Å². The Bertz CT molecular complexity index is 1130. The van der Waals surface area contributed by atoms with Crippen molar-refractivity contribution in [2.45, 2.75) is 405 Å². The first-order valence-electron chi connectivity index (χ1n) is 34.5. The molecule has 0 aromatic rings. The molecular weight excluding hydrogens is 923 g/mol. The van der Waals surface area contributed by atoms with Crippen LogP contribution < -0.4 is 5.32 Å². The highest BCUT2D eigenvalue weighted by Gasteiger charge is 2.18. The molecule has 446 valence electrons. The van der Waals surface area contributed by atoms with Gasteiger partial charge in [-0.25, -0.2) is 0 Å². The Kier molecular flexibility index (Phi) is 63.9. The number of hydrogen-bond acceptors (Lipinski definition) is 5. The van der Waals surface area contributed by atoms with Crippen LogP contribution in [0.25, 0.3) is 0 Å². The molecule has 0 bridgehead atoms. The summed E-state index contributed by atoms with van der Waals surface area (Å²) in [5, 5.41) is 23.2. The van der Waals surface area contributed by atoms with Gasteiger partial charge in [-0.05, 0) is 32.1 Å². The van der Waals surface area contributed by atoms with E-state index >= 15 is 0 Å². The number of hydrogen-bond donors (Lipinski definition) is 3. The SMILES string of the molecule is CCCCCCCCCCCCCCCCCC/C=C/C(O)C(CO)NC(=O)CCCCCCCCCCCCCCCCCCCCCCCCCOC(=O)CCCCCCCCCCCCCCCCCCC. The number of allylic oxidation sites excluding steroid dienone is 1. The highest BCUT2D eigenvalue weighted by Crippen LogP contribution is 2.19. The lowest BCUT2D eigenvalue weighted by molar-refractivity contribution is -0.143. The molecular formula is C69H135NO5. The smallest absolute Gasteiger partial charge is 0.305 e. The van der Waals surface area contributed by atoms with E-state index in [-0.39, 0.29) is 18.5 Å². The normalized spacial score (nSPS) is 12.5. The number of amides is 1. The van der Waals surface area contributed by atoms with Crippen molar-refractivity contribution < 1.29 is 24.5 Å². The van der Waals surface area contributed by atoms with E-state index in [2.05, 4.69) is 19.2 Å². The van der Waals surface area contributed by atoms with Crippen molar-refractivity contribution in [2.75, 3.05) is 13.2 Å². The Balaban J connectivity index is 3.37. The third-order valence-corrected chi connectivity index (χ3v) is 16.3. The molecule has 0 heterocycles. The van der Waals surface area contributed by atoms with Gasteiger partial charge in [0.15, 0.2) is 0 Å². The minimum absolute atomic E-state index is 0.0189. The standard InChI is InChI=1S/C69H135NO5/c1-3-5-7-9-11-13-15-17-19-21-30-33-37-41-45-49-53-57-61-67(72)66(65-71)70-68(73)62-58-54-50-46-42-38-34-31-27-25-23-22-24-26-28-32-36-40-44-48-52-56-60-64-75-69(74)63-59-55-51-47-43-39-35-29-20-18-16-14-12-10-8-6-4-2/h57,61,66-67,71-72H,3-56,58-60,62-65H2,1-2H3,(H,70,73)/b61-57+. The van der Waals surface area contributed by atoms with Crippen molar-refractivity contribution in [3.05, 3.63) is 12.2 Å². The fourth-order valence-electron chi connectivity index (χ4n) is 11.1. The molecule has 75 heavy (non-hydrogen) atoms. The van der Waals surface area contributed by atoms with Gasteiger partial charge in [0.25, 0.3) is 0 Å². The second-order valence-electron chi connectivity index (χ2n) is 23.9. The van der Waals surface area contributed by atoms with Crippen LogP contribution in [0.2, 0.25) is 0 Å². The zero-order valence-corrected chi connectivity index (χ0v) is 51.1. The number of aliphatic hydroxyl groups excluding tert-OH is 2. The molecule has 0 fully saturated rings. The summed E-state index contributed by atoms with van der Waals surface area (Å²) in [6.07, 6.45) is 79.9. The summed E-state index contributed by atoms with van der Waals surface area (Å²) in [6, 6.07) is -0.627. The molecule has 6 heteroatoms. The van der Waals surface area contributed by atoms with Crippen LogP contribution in [0.4, 0.5) is 0 Å². The average Bonchev–Trinajstić information content (AvgIpc) is 3.41. The van der Waals surface area contributed by atoms with Crippen molar-refractivity contribution in [1.82, 2.24) is 5.32 Å². The summed E-state index contributed by atoms with van der Waals surface area (Å²) < 4.78 is 5.51. The lowest BCUT2D eigenvalue weighted by Crippen LogP contribution is -2.45. The molecule has 0 aromatic heterocycles. The maximum absolute atomic E-state index is 12.5. The van der Waals surface area contributed by atoms with Gasteiger partial charge in [0.2, 0.25) is 5.91 Å². The second kappa shape index (κ2) is 65.1. The van der Waals surface area contributed by atoms with Gasteiger partial charge in [-0.15, -0.1) is 0 Å². The lowest BCUT2D eigenvalue weighted by atomic mass is 10.0. The van der Waals surface area contributed by atoms with Crippen LogP contribution in [-0.2, 0) is 14.3 Å². The third-order valence-electron chi connectivity index (χ3n) is 16.3. The van der Waals surface area contributed by atoms with E-state index in [1.807, 2.05) is 6.08 Å². The van der Waals surface area contributed by atoms with Crippen molar-refractivity contribution in [1.29, 1.82) is 0 Å². The molecule has 6 nitrogen and oxygen atoms in total. The molecule has 2 unspecified atom stereocenters. The Morgan fingerprint density at radius 2 is 0.613 bits per heavy atom. The summed E-state index contributed by atoms with van der Waals surface area (Å²) in [7, 11) is 0. The molecule has 0 saturated heterocycles. The number of ether oxygens (including phenoxy) is 1. The van der Waals surface area contributed by atoms with Crippen LogP contribution in [0.3, 0.4) is 0 Å². The van der Waals surface area contributed by atoms with Gasteiger partial charge in [0.1, 0.15) is 0 Å². The maximum atomic E-state index is 12.5. The van der Waals surface area contributed by atoms with Crippen molar-refractivity contribution in [3.63, 3.8) is 0 Å². The quantitative estimate of drug-likeness (QED) is 0.0320. The molecule has 0 aliphatic carbocycles. The molecule has 0 radical (unpaired) electrons.